The van der Waals surface area contributed by atoms with Crippen LogP contribution in [-0.4, -0.2) is 49.6 Å². The Labute approximate surface area is 169 Å². The molecule has 1 heterocycles. The molecule has 156 valence electrons. The van der Waals surface area contributed by atoms with Crippen LogP contribution in [0.1, 0.15) is 44.6 Å². The molecule has 2 aromatic rings. The van der Waals surface area contributed by atoms with Crippen molar-refractivity contribution in [3.8, 4) is 11.5 Å². The molecule has 1 aromatic carbocycles. The van der Waals surface area contributed by atoms with E-state index in [0.717, 1.165) is 5.56 Å². The third-order valence-corrected chi connectivity index (χ3v) is 4.22. The highest BCUT2D eigenvalue weighted by Gasteiger charge is 2.23. The topological polar surface area (TPSA) is 104 Å². The van der Waals surface area contributed by atoms with Gasteiger partial charge in [-0.1, -0.05) is 6.07 Å². The summed E-state index contributed by atoms with van der Waals surface area (Å²) in [4.78, 5) is 39.2. The third kappa shape index (κ3) is 5.37. The van der Waals surface area contributed by atoms with Gasteiger partial charge in [-0.05, 0) is 51.0 Å². The minimum Gasteiger partial charge on any atom is -0.493 e. The molecule has 29 heavy (non-hydrogen) atoms. The summed E-state index contributed by atoms with van der Waals surface area (Å²) in [5.74, 6) is -0.765. The second kappa shape index (κ2) is 9.77. The number of ether oxygens (including phenoxy) is 4. The van der Waals surface area contributed by atoms with Gasteiger partial charge >= 0.3 is 11.9 Å². The molecule has 0 radical (unpaired) electrons. The van der Waals surface area contributed by atoms with Crippen LogP contribution in [0.3, 0.4) is 0 Å². The number of esters is 2. The van der Waals surface area contributed by atoms with E-state index in [9.17, 15) is 14.4 Å². The zero-order chi connectivity index (χ0) is 21.6. The van der Waals surface area contributed by atoms with Gasteiger partial charge in [0.25, 0.3) is 0 Å². The summed E-state index contributed by atoms with van der Waals surface area (Å²) in [7, 11) is 1.50. The van der Waals surface area contributed by atoms with E-state index < -0.39 is 24.3 Å². The maximum absolute atomic E-state index is 12.4. The normalized spacial score (nSPS) is 10.4. The van der Waals surface area contributed by atoms with E-state index in [-0.39, 0.29) is 18.9 Å². The van der Waals surface area contributed by atoms with Gasteiger partial charge in [-0.3, -0.25) is 4.79 Å². The van der Waals surface area contributed by atoms with Crippen LogP contribution < -0.4 is 9.47 Å². The number of methoxy groups -OCH3 is 1. The van der Waals surface area contributed by atoms with Crippen LogP contribution in [0.25, 0.3) is 0 Å². The number of benzene rings is 1. The van der Waals surface area contributed by atoms with Crippen LogP contribution >= 0.6 is 0 Å². The molecule has 1 N–H and O–H groups in total. The quantitative estimate of drug-likeness (QED) is 0.507. The number of carbonyl (C=O) groups excluding carboxylic acids is 3. The summed E-state index contributed by atoms with van der Waals surface area (Å²) in [5, 5.41) is 0. The summed E-state index contributed by atoms with van der Waals surface area (Å²) in [6.45, 7) is 6.30. The predicted octanol–water partition coefficient (Wildman–Crippen LogP) is 2.93. The van der Waals surface area contributed by atoms with Crippen molar-refractivity contribution in [2.24, 2.45) is 0 Å². The third-order valence-electron chi connectivity index (χ3n) is 4.22. The summed E-state index contributed by atoms with van der Waals surface area (Å²) >= 11 is 0. The molecule has 0 fully saturated rings. The second-order valence-corrected chi connectivity index (χ2v) is 6.37. The summed E-state index contributed by atoms with van der Waals surface area (Å²) in [6, 6.07) is 5.29. The number of hydrogen-bond acceptors (Lipinski definition) is 7. The number of aromatic nitrogens is 1. The Balaban J connectivity index is 1.95. The molecule has 0 saturated carbocycles. The first-order chi connectivity index (χ1) is 13.8. The van der Waals surface area contributed by atoms with Crippen molar-refractivity contribution < 1.29 is 33.3 Å². The number of aromatic amines is 1. The second-order valence-electron chi connectivity index (χ2n) is 6.37. The molecule has 8 nitrogen and oxygen atoms in total. The van der Waals surface area contributed by atoms with Gasteiger partial charge in [0.2, 0.25) is 5.78 Å². The average Bonchev–Trinajstić information content (AvgIpc) is 2.99. The standard InChI is InChI=1S/C21H25NO7/c1-6-27-21(25)19-13(3)20(22-14(19)4)15(23)10-29-18(24)11-28-16-8-7-12(2)9-17(16)26-5/h7-9,22H,6,10-11H2,1-5H3. The van der Waals surface area contributed by atoms with Crippen molar-refractivity contribution in [2.75, 3.05) is 26.9 Å². The maximum atomic E-state index is 12.4. The van der Waals surface area contributed by atoms with Crippen molar-refractivity contribution in [1.29, 1.82) is 0 Å². The zero-order valence-electron chi connectivity index (χ0n) is 17.2. The largest absolute Gasteiger partial charge is 0.493 e. The molecule has 0 saturated heterocycles. The molecular weight excluding hydrogens is 378 g/mol. The Morgan fingerprint density at radius 3 is 2.38 bits per heavy atom. The van der Waals surface area contributed by atoms with E-state index in [1.165, 1.54) is 7.11 Å². The number of nitrogens with one attached hydrogen (secondary N) is 1. The highest BCUT2D eigenvalue weighted by Crippen LogP contribution is 2.27. The molecule has 0 amide bonds. The van der Waals surface area contributed by atoms with Crippen LogP contribution in [0.15, 0.2) is 18.2 Å². The lowest BCUT2D eigenvalue weighted by atomic mass is 10.1. The number of ketones is 1. The van der Waals surface area contributed by atoms with Crippen LogP contribution in [0.5, 0.6) is 11.5 Å². The smallest absolute Gasteiger partial charge is 0.344 e. The Bertz CT molecular complexity index is 914. The van der Waals surface area contributed by atoms with E-state index in [4.69, 9.17) is 18.9 Å². The lowest BCUT2D eigenvalue weighted by molar-refractivity contribution is -0.144. The summed E-state index contributed by atoms with van der Waals surface area (Å²) < 4.78 is 20.6. The van der Waals surface area contributed by atoms with E-state index in [0.29, 0.717) is 28.3 Å². The van der Waals surface area contributed by atoms with E-state index >= 15 is 0 Å². The van der Waals surface area contributed by atoms with E-state index in [2.05, 4.69) is 4.98 Å². The van der Waals surface area contributed by atoms with Gasteiger partial charge in [0.15, 0.2) is 24.7 Å². The van der Waals surface area contributed by atoms with E-state index in [1.54, 1.807) is 32.9 Å². The number of hydrogen-bond donors (Lipinski definition) is 1. The molecule has 0 bridgehead atoms. The minimum atomic E-state index is -0.701. The van der Waals surface area contributed by atoms with Crippen molar-refractivity contribution in [2.45, 2.75) is 27.7 Å². The molecule has 8 heteroatoms. The van der Waals surface area contributed by atoms with Crippen LogP contribution in [0.4, 0.5) is 0 Å². The number of Topliss-reactive ketones (excluding diaryl/α,β-unsaturated/α-hetero) is 1. The van der Waals surface area contributed by atoms with Gasteiger partial charge in [0.05, 0.1) is 25.0 Å². The number of aryl methyl sites for hydroxylation is 2. The molecule has 0 aliphatic heterocycles. The van der Waals surface area contributed by atoms with Crippen molar-refractivity contribution in [3.05, 3.63) is 46.3 Å². The fraction of sp³-hybridized carbons (Fsp3) is 0.381. The fourth-order valence-corrected chi connectivity index (χ4v) is 2.83. The highest BCUT2D eigenvalue weighted by molar-refractivity contribution is 6.02. The number of H-pyrrole nitrogens is 1. The first-order valence-corrected chi connectivity index (χ1v) is 9.11. The molecule has 2 rings (SSSR count). The highest BCUT2D eigenvalue weighted by atomic mass is 16.6. The van der Waals surface area contributed by atoms with Gasteiger partial charge in [0, 0.05) is 5.69 Å². The van der Waals surface area contributed by atoms with Gasteiger partial charge in [-0.2, -0.15) is 0 Å². The Morgan fingerprint density at radius 2 is 1.72 bits per heavy atom. The molecule has 0 aliphatic carbocycles. The number of rotatable bonds is 9. The molecule has 0 spiro atoms. The molecule has 0 unspecified atom stereocenters. The van der Waals surface area contributed by atoms with Gasteiger partial charge in [-0.15, -0.1) is 0 Å². The van der Waals surface area contributed by atoms with Crippen molar-refractivity contribution >= 4 is 17.7 Å². The lowest BCUT2D eigenvalue weighted by Crippen LogP contribution is -2.20. The monoisotopic (exact) mass is 403 g/mol. The van der Waals surface area contributed by atoms with Crippen LogP contribution in [-0.2, 0) is 14.3 Å². The van der Waals surface area contributed by atoms with Crippen LogP contribution in [0, 0.1) is 20.8 Å². The Kier molecular flexibility index (Phi) is 7.41. The summed E-state index contributed by atoms with van der Waals surface area (Å²) in [5.41, 5.74) is 2.49. The Morgan fingerprint density at radius 1 is 1.00 bits per heavy atom. The zero-order valence-corrected chi connectivity index (χ0v) is 17.2. The number of carbonyl (C=O) groups is 3. The van der Waals surface area contributed by atoms with Gasteiger partial charge < -0.3 is 23.9 Å². The first kappa shape index (κ1) is 22.0. The predicted molar refractivity (Wildman–Crippen MR) is 105 cm³/mol. The Hall–Kier alpha value is -3.29. The molecule has 1 aromatic heterocycles. The van der Waals surface area contributed by atoms with Gasteiger partial charge in [0.1, 0.15) is 0 Å². The average molecular weight is 403 g/mol. The SMILES string of the molecule is CCOC(=O)c1c(C)[nH]c(C(=O)COC(=O)COc2ccc(C)cc2OC)c1C. The summed E-state index contributed by atoms with van der Waals surface area (Å²) in [6.07, 6.45) is 0. The van der Waals surface area contributed by atoms with Gasteiger partial charge in [-0.25, -0.2) is 9.59 Å². The maximum Gasteiger partial charge on any atom is 0.344 e. The molecular formula is C21H25NO7. The van der Waals surface area contributed by atoms with Crippen LogP contribution in [0.2, 0.25) is 0 Å². The molecule has 0 aliphatic rings. The van der Waals surface area contributed by atoms with Crippen molar-refractivity contribution in [3.63, 3.8) is 0 Å². The lowest BCUT2D eigenvalue weighted by Gasteiger charge is -2.11. The fourth-order valence-electron chi connectivity index (χ4n) is 2.83. The minimum absolute atomic E-state index is 0.208. The van der Waals surface area contributed by atoms with Crippen molar-refractivity contribution in [1.82, 2.24) is 4.98 Å². The first-order valence-electron chi connectivity index (χ1n) is 9.11. The molecule has 0 atom stereocenters. The van der Waals surface area contributed by atoms with E-state index in [1.807, 2.05) is 13.0 Å².